The zero-order valence-corrected chi connectivity index (χ0v) is 14.8. The Morgan fingerprint density at radius 1 is 0.692 bits per heavy atom. The van der Waals surface area contributed by atoms with Gasteiger partial charge >= 0.3 is 0 Å². The van der Waals surface area contributed by atoms with E-state index in [1.165, 1.54) is 0 Å². The van der Waals surface area contributed by atoms with Crippen LogP contribution in [0.15, 0.2) is 60.7 Å². The van der Waals surface area contributed by atoms with Gasteiger partial charge in [-0.05, 0) is 11.1 Å². The molecule has 1 atom stereocenters. The molecule has 26 heavy (non-hydrogen) atoms. The van der Waals surface area contributed by atoms with E-state index < -0.39 is 42.2 Å². The molecule has 0 fully saturated rings. The summed E-state index contributed by atoms with van der Waals surface area (Å²) in [5.41, 5.74) is 0.653. The summed E-state index contributed by atoms with van der Waals surface area (Å²) in [6, 6.07) is 16.3. The molecule has 0 amide bonds. The molecule has 0 heterocycles. The van der Waals surface area contributed by atoms with Gasteiger partial charge in [0.2, 0.25) is 20.6 Å². The molecule has 1 N–H and O–H groups in total. The summed E-state index contributed by atoms with van der Waals surface area (Å²) >= 11 is 0. The van der Waals surface area contributed by atoms with Crippen LogP contribution >= 0.6 is 0 Å². The highest BCUT2D eigenvalue weighted by Crippen LogP contribution is 2.33. The predicted molar refractivity (Wildman–Crippen MR) is 98.6 cm³/mol. The van der Waals surface area contributed by atoms with Crippen molar-refractivity contribution in [3.63, 3.8) is 0 Å². The highest BCUT2D eigenvalue weighted by atomic mass is 32.2. The third-order valence-corrected chi connectivity index (χ3v) is 5.59. The maximum Gasteiger partial charge on any atom is 0.223 e. The summed E-state index contributed by atoms with van der Waals surface area (Å²) < 4.78 is 46.9. The molecule has 1 aliphatic carbocycles. The van der Waals surface area contributed by atoms with Crippen molar-refractivity contribution in [3.8, 4) is 0 Å². The second-order valence-corrected chi connectivity index (χ2v) is 7.20. The van der Waals surface area contributed by atoms with E-state index in [4.69, 9.17) is 0 Å². The molecular weight excluding hydrogens is 376 g/mol. The molecule has 1 unspecified atom stereocenters. The third kappa shape index (κ3) is 3.05. The largest absolute Gasteiger partial charge is 0.379 e. The van der Waals surface area contributed by atoms with E-state index in [0.29, 0.717) is 11.1 Å². The maximum absolute atomic E-state index is 12.8. The summed E-state index contributed by atoms with van der Waals surface area (Å²) in [6.45, 7) is 0. The van der Waals surface area contributed by atoms with Crippen molar-refractivity contribution in [3.05, 3.63) is 71.8 Å². The minimum Gasteiger partial charge on any atom is -0.379 e. The fraction of sp³-hybridized carbons (Fsp3) is 0.0556. The monoisotopic (exact) mass is 388 g/mol. The van der Waals surface area contributed by atoms with Gasteiger partial charge in [-0.15, -0.1) is 0 Å². The average molecular weight is 388 g/mol. The average Bonchev–Trinajstić information content (AvgIpc) is 2.64. The van der Waals surface area contributed by atoms with Crippen molar-refractivity contribution in [1.82, 2.24) is 0 Å². The van der Waals surface area contributed by atoms with Gasteiger partial charge in [0.05, 0.1) is 0 Å². The second-order valence-electron chi connectivity index (χ2n) is 5.41. The Labute approximate surface area is 152 Å². The summed E-state index contributed by atoms with van der Waals surface area (Å²) in [5, 5.41) is 10.2. The zero-order chi connectivity index (χ0) is 18.8. The van der Waals surface area contributed by atoms with Crippen molar-refractivity contribution in [2.45, 2.75) is 6.10 Å². The van der Waals surface area contributed by atoms with Crippen molar-refractivity contribution in [2.24, 2.45) is 0 Å². The van der Waals surface area contributed by atoms with E-state index in [-0.39, 0.29) is 11.1 Å². The van der Waals surface area contributed by atoms with Gasteiger partial charge in [0.1, 0.15) is 9.73 Å². The number of allylic oxidation sites excluding steroid dienone is 1. The van der Waals surface area contributed by atoms with Crippen LogP contribution in [-0.4, -0.2) is 43.6 Å². The van der Waals surface area contributed by atoms with E-state index in [1.807, 2.05) is 0 Å². The van der Waals surface area contributed by atoms with E-state index >= 15 is 0 Å². The standard InChI is InChI=1S/C18H12O6S2/c19-15-13(11-7-3-1-4-8-11)14(12-9-5-2-6-10-12)17(25(21)22)18(16(15)20)26(23)24/h1-10,16,20H. The normalized spacial score (nSPS) is 17.4. The van der Waals surface area contributed by atoms with Gasteiger partial charge in [0.25, 0.3) is 0 Å². The molecular formula is C18H12O6S2. The van der Waals surface area contributed by atoms with Crippen LogP contribution in [0.2, 0.25) is 0 Å². The number of carbonyl (C=O) groups excluding carboxylic acids is 1. The van der Waals surface area contributed by atoms with Crippen molar-refractivity contribution < 1.29 is 26.7 Å². The molecule has 0 aromatic heterocycles. The van der Waals surface area contributed by atoms with Crippen molar-refractivity contribution in [1.29, 1.82) is 0 Å². The maximum atomic E-state index is 12.8. The van der Waals surface area contributed by atoms with E-state index in [1.54, 1.807) is 60.7 Å². The first kappa shape index (κ1) is 18.0. The van der Waals surface area contributed by atoms with Crippen LogP contribution < -0.4 is 0 Å². The Bertz CT molecular complexity index is 1170. The van der Waals surface area contributed by atoms with Gasteiger partial charge in [-0.1, -0.05) is 60.7 Å². The molecule has 0 radical (unpaired) electrons. The van der Waals surface area contributed by atoms with Gasteiger partial charge in [-0.2, -0.15) is 16.8 Å². The van der Waals surface area contributed by atoms with E-state index in [0.717, 1.165) is 0 Å². The number of carbonyl (C=O) groups is 1. The van der Waals surface area contributed by atoms with Crippen LogP contribution in [-0.2, 0) is 25.4 Å². The fourth-order valence-electron chi connectivity index (χ4n) is 2.84. The van der Waals surface area contributed by atoms with Gasteiger partial charge in [-0.25, -0.2) is 0 Å². The predicted octanol–water partition coefficient (Wildman–Crippen LogP) is 0.644. The second kappa shape index (κ2) is 7.20. The van der Waals surface area contributed by atoms with Crippen LogP contribution in [0.3, 0.4) is 0 Å². The topological polar surface area (TPSA) is 106 Å². The molecule has 0 spiro atoms. The van der Waals surface area contributed by atoms with Gasteiger partial charge in [0.15, 0.2) is 11.9 Å². The molecule has 0 saturated carbocycles. The van der Waals surface area contributed by atoms with Crippen LogP contribution in [0.4, 0.5) is 0 Å². The van der Waals surface area contributed by atoms with Gasteiger partial charge in [-0.3, -0.25) is 4.79 Å². The number of ketones is 1. The molecule has 0 saturated heterocycles. The number of benzene rings is 2. The molecule has 0 aliphatic heterocycles. The molecule has 0 bridgehead atoms. The molecule has 3 rings (SSSR count). The Morgan fingerprint density at radius 3 is 1.58 bits per heavy atom. The Kier molecular flexibility index (Phi) is 4.99. The lowest BCUT2D eigenvalue weighted by Crippen LogP contribution is -2.42. The van der Waals surface area contributed by atoms with E-state index in [2.05, 4.69) is 0 Å². The van der Waals surface area contributed by atoms with E-state index in [9.17, 15) is 26.7 Å². The number of aliphatic hydroxyl groups excluding tert-OH is 1. The fourth-order valence-corrected chi connectivity index (χ4v) is 4.46. The lowest BCUT2D eigenvalue weighted by atomic mass is 9.81. The molecule has 2 aromatic carbocycles. The lowest BCUT2D eigenvalue weighted by Gasteiger charge is -2.24. The minimum atomic E-state index is -3.09. The smallest absolute Gasteiger partial charge is 0.223 e. The number of aliphatic hydroxyl groups is 1. The van der Waals surface area contributed by atoms with Crippen molar-refractivity contribution in [2.75, 3.05) is 0 Å². The lowest BCUT2D eigenvalue weighted by molar-refractivity contribution is -0.118. The first-order chi connectivity index (χ1) is 12.4. The van der Waals surface area contributed by atoms with Gasteiger partial charge in [0, 0.05) is 11.1 Å². The summed E-state index contributed by atoms with van der Waals surface area (Å²) in [4.78, 5) is 11.3. The minimum absolute atomic E-state index is 0.0420. The summed E-state index contributed by atoms with van der Waals surface area (Å²) in [6.07, 6.45) is -2.08. The SMILES string of the molecule is O=C1C(c2ccccc2)=C(c2ccccc2)C(=S(=O)=O)C(=S(=O)=O)C1O. The van der Waals surface area contributed by atoms with Gasteiger partial charge < -0.3 is 5.11 Å². The summed E-state index contributed by atoms with van der Waals surface area (Å²) in [5.74, 6) is -0.872. The summed E-state index contributed by atoms with van der Waals surface area (Å²) in [7, 11) is -6.08. The first-order valence-corrected chi connectivity index (χ1v) is 9.59. The quantitative estimate of drug-likeness (QED) is 0.757. The van der Waals surface area contributed by atoms with Crippen LogP contribution in [0.25, 0.3) is 11.1 Å². The molecule has 132 valence electrons. The highest BCUT2D eigenvalue weighted by Gasteiger charge is 2.40. The number of hydrogen-bond donors (Lipinski definition) is 1. The van der Waals surface area contributed by atoms with Crippen LogP contribution in [0, 0.1) is 0 Å². The van der Waals surface area contributed by atoms with Crippen LogP contribution in [0.1, 0.15) is 11.1 Å². The Morgan fingerprint density at radius 2 is 1.15 bits per heavy atom. The molecule has 8 heteroatoms. The highest BCUT2D eigenvalue weighted by molar-refractivity contribution is 7.83. The number of Topliss-reactive ketones (excluding diaryl/α,β-unsaturated/α-hetero) is 1. The first-order valence-electron chi connectivity index (χ1n) is 7.44. The van der Waals surface area contributed by atoms with Crippen LogP contribution in [0.5, 0.6) is 0 Å². The molecule has 1 aliphatic rings. The number of hydrogen-bond acceptors (Lipinski definition) is 6. The van der Waals surface area contributed by atoms with Crippen molar-refractivity contribution >= 4 is 47.2 Å². The Hall–Kier alpha value is -2.81. The molecule has 6 nitrogen and oxygen atoms in total. The molecule has 2 aromatic rings. The number of rotatable bonds is 2. The third-order valence-electron chi connectivity index (χ3n) is 3.92. The zero-order valence-electron chi connectivity index (χ0n) is 13.2. The Balaban J connectivity index is 2.56.